The van der Waals surface area contributed by atoms with E-state index >= 15 is 0 Å². The van der Waals surface area contributed by atoms with Crippen molar-refractivity contribution in [2.24, 2.45) is 11.7 Å². The van der Waals surface area contributed by atoms with E-state index in [0.717, 1.165) is 29.7 Å². The Morgan fingerprint density at radius 2 is 2.00 bits per heavy atom. The van der Waals surface area contributed by atoms with Crippen LogP contribution >= 0.6 is 0 Å². The number of carbonyl (C=O) groups excluding carboxylic acids is 2. The number of aryl methyl sites for hydroxylation is 1. The third kappa shape index (κ3) is 4.23. The Bertz CT molecular complexity index is 549. The van der Waals surface area contributed by atoms with E-state index in [9.17, 15) is 9.59 Å². The summed E-state index contributed by atoms with van der Waals surface area (Å²) in [6, 6.07) is 5.87. The van der Waals surface area contributed by atoms with Crippen molar-refractivity contribution < 1.29 is 14.3 Å². The molecule has 120 valence electrons. The van der Waals surface area contributed by atoms with Gasteiger partial charge >= 0.3 is 0 Å². The quantitative estimate of drug-likeness (QED) is 0.899. The van der Waals surface area contributed by atoms with Crippen LogP contribution in [0, 0.1) is 12.8 Å². The van der Waals surface area contributed by atoms with Gasteiger partial charge in [-0.1, -0.05) is 17.7 Å². The Hall–Kier alpha value is -2.04. The van der Waals surface area contributed by atoms with Crippen molar-refractivity contribution in [1.29, 1.82) is 0 Å². The molecular weight excluding hydrogens is 280 g/mol. The lowest BCUT2D eigenvalue weighted by atomic mass is 9.93. The number of carbonyl (C=O) groups is 2. The van der Waals surface area contributed by atoms with Gasteiger partial charge in [0.2, 0.25) is 11.8 Å². The first-order valence-electron chi connectivity index (χ1n) is 7.69. The Morgan fingerprint density at radius 1 is 1.32 bits per heavy atom. The molecule has 0 saturated carbocycles. The minimum absolute atomic E-state index is 0.112. The third-order valence-corrected chi connectivity index (χ3v) is 4.23. The van der Waals surface area contributed by atoms with Crippen LogP contribution in [-0.2, 0) is 16.0 Å². The summed E-state index contributed by atoms with van der Waals surface area (Å²) in [5, 5.41) is 0. The molecule has 1 aliphatic rings. The fourth-order valence-electron chi connectivity index (χ4n) is 2.99. The largest absolute Gasteiger partial charge is 0.496 e. The van der Waals surface area contributed by atoms with Crippen molar-refractivity contribution in [2.45, 2.75) is 32.6 Å². The first kappa shape index (κ1) is 16.3. The summed E-state index contributed by atoms with van der Waals surface area (Å²) in [6.07, 6.45) is 2.47. The van der Waals surface area contributed by atoms with E-state index in [4.69, 9.17) is 10.5 Å². The van der Waals surface area contributed by atoms with E-state index in [0.29, 0.717) is 31.8 Å². The first-order chi connectivity index (χ1) is 10.5. The van der Waals surface area contributed by atoms with E-state index in [-0.39, 0.29) is 11.8 Å². The van der Waals surface area contributed by atoms with Crippen molar-refractivity contribution in [3.05, 3.63) is 29.3 Å². The van der Waals surface area contributed by atoms with Crippen molar-refractivity contribution >= 4 is 11.8 Å². The maximum atomic E-state index is 12.5. The van der Waals surface area contributed by atoms with Crippen LogP contribution in [0.5, 0.6) is 5.75 Å². The molecule has 1 aliphatic heterocycles. The molecule has 1 aromatic rings. The normalized spacial score (nSPS) is 15.6. The van der Waals surface area contributed by atoms with Crippen molar-refractivity contribution in [3.8, 4) is 5.75 Å². The summed E-state index contributed by atoms with van der Waals surface area (Å²) in [4.78, 5) is 25.3. The van der Waals surface area contributed by atoms with Crippen LogP contribution in [0.15, 0.2) is 18.2 Å². The van der Waals surface area contributed by atoms with E-state index in [1.165, 1.54) is 0 Å². The average molecular weight is 304 g/mol. The monoisotopic (exact) mass is 304 g/mol. The van der Waals surface area contributed by atoms with Crippen molar-refractivity contribution in [2.75, 3.05) is 20.2 Å². The van der Waals surface area contributed by atoms with Crippen LogP contribution in [-0.4, -0.2) is 36.9 Å². The second-order valence-electron chi connectivity index (χ2n) is 5.99. The summed E-state index contributed by atoms with van der Waals surface area (Å²) in [5.41, 5.74) is 7.27. The van der Waals surface area contributed by atoms with Gasteiger partial charge in [-0.15, -0.1) is 0 Å². The molecule has 5 nitrogen and oxygen atoms in total. The van der Waals surface area contributed by atoms with Gasteiger partial charge in [-0.25, -0.2) is 0 Å². The van der Waals surface area contributed by atoms with Gasteiger partial charge in [0.1, 0.15) is 5.75 Å². The zero-order chi connectivity index (χ0) is 16.1. The highest BCUT2D eigenvalue weighted by atomic mass is 16.5. The van der Waals surface area contributed by atoms with Crippen LogP contribution in [0.3, 0.4) is 0 Å². The minimum Gasteiger partial charge on any atom is -0.496 e. The summed E-state index contributed by atoms with van der Waals surface area (Å²) in [5.74, 6) is 0.924. The van der Waals surface area contributed by atoms with Gasteiger partial charge in [-0.2, -0.15) is 0 Å². The van der Waals surface area contributed by atoms with Crippen LogP contribution < -0.4 is 10.5 Å². The number of hydrogen-bond donors (Lipinski definition) is 1. The van der Waals surface area contributed by atoms with Crippen molar-refractivity contribution in [3.63, 3.8) is 0 Å². The second kappa shape index (κ2) is 7.29. The Morgan fingerprint density at radius 3 is 2.59 bits per heavy atom. The molecule has 2 N–H and O–H groups in total. The standard InChI is InChI=1S/C17H24N2O3/c1-12-3-4-15(22-2)14(9-12)11-17(21)19-7-5-13(6-8-19)10-16(18)20/h3-4,9,13H,5-8,10-11H2,1-2H3,(H2,18,20). The molecule has 0 spiro atoms. The molecule has 0 aromatic heterocycles. The smallest absolute Gasteiger partial charge is 0.227 e. The molecule has 0 radical (unpaired) electrons. The minimum atomic E-state index is -0.255. The van der Waals surface area contributed by atoms with E-state index in [2.05, 4.69) is 0 Å². The number of methoxy groups -OCH3 is 1. The number of nitrogens with zero attached hydrogens (tertiary/aromatic N) is 1. The summed E-state index contributed by atoms with van der Waals surface area (Å²) >= 11 is 0. The molecule has 1 heterocycles. The predicted molar refractivity (Wildman–Crippen MR) is 84.6 cm³/mol. The number of amides is 2. The molecule has 1 aromatic carbocycles. The van der Waals surface area contributed by atoms with Crippen LogP contribution in [0.2, 0.25) is 0 Å². The van der Waals surface area contributed by atoms with Crippen LogP contribution in [0.1, 0.15) is 30.4 Å². The van der Waals surface area contributed by atoms with Crippen LogP contribution in [0.25, 0.3) is 0 Å². The first-order valence-corrected chi connectivity index (χ1v) is 7.69. The highest BCUT2D eigenvalue weighted by Crippen LogP contribution is 2.23. The topological polar surface area (TPSA) is 72.6 Å². The molecule has 22 heavy (non-hydrogen) atoms. The number of primary amides is 1. The fraction of sp³-hybridized carbons (Fsp3) is 0.529. The van der Waals surface area contributed by atoms with Crippen molar-refractivity contribution in [1.82, 2.24) is 4.90 Å². The Kier molecular flexibility index (Phi) is 5.41. The number of ether oxygens (including phenoxy) is 1. The Labute approximate surface area is 131 Å². The van der Waals surface area contributed by atoms with Gasteiger partial charge in [0.25, 0.3) is 0 Å². The molecule has 5 heteroatoms. The number of rotatable bonds is 5. The van der Waals surface area contributed by atoms with E-state index in [1.54, 1.807) is 7.11 Å². The zero-order valence-corrected chi connectivity index (χ0v) is 13.3. The molecule has 0 bridgehead atoms. The molecule has 1 fully saturated rings. The molecule has 1 saturated heterocycles. The molecule has 2 rings (SSSR count). The maximum absolute atomic E-state index is 12.5. The van der Waals surface area contributed by atoms with Gasteiger partial charge in [-0.05, 0) is 31.7 Å². The van der Waals surface area contributed by atoms with Gasteiger partial charge < -0.3 is 15.4 Å². The highest BCUT2D eigenvalue weighted by Gasteiger charge is 2.24. The maximum Gasteiger partial charge on any atom is 0.227 e. The van der Waals surface area contributed by atoms with Gasteiger partial charge in [0, 0.05) is 25.1 Å². The number of likely N-dealkylation sites (tertiary alicyclic amines) is 1. The lowest BCUT2D eigenvalue weighted by molar-refractivity contribution is -0.132. The number of benzene rings is 1. The van der Waals surface area contributed by atoms with Crippen LogP contribution in [0.4, 0.5) is 0 Å². The van der Waals surface area contributed by atoms with E-state index in [1.807, 2.05) is 30.0 Å². The van der Waals surface area contributed by atoms with Gasteiger partial charge in [0.15, 0.2) is 0 Å². The number of nitrogens with two attached hydrogens (primary N) is 1. The summed E-state index contributed by atoms with van der Waals surface area (Å²) < 4.78 is 5.33. The molecule has 0 unspecified atom stereocenters. The highest BCUT2D eigenvalue weighted by molar-refractivity contribution is 5.79. The summed E-state index contributed by atoms with van der Waals surface area (Å²) in [6.45, 7) is 3.40. The second-order valence-corrected chi connectivity index (χ2v) is 5.99. The fourth-order valence-corrected chi connectivity index (χ4v) is 2.99. The average Bonchev–Trinajstić information content (AvgIpc) is 2.47. The van der Waals surface area contributed by atoms with E-state index < -0.39 is 0 Å². The van der Waals surface area contributed by atoms with Gasteiger partial charge in [-0.3, -0.25) is 9.59 Å². The molecular formula is C17H24N2O3. The molecule has 2 amide bonds. The van der Waals surface area contributed by atoms with Gasteiger partial charge in [0.05, 0.1) is 13.5 Å². The lowest BCUT2D eigenvalue weighted by Gasteiger charge is -2.31. The molecule has 0 atom stereocenters. The molecule has 0 aliphatic carbocycles. The third-order valence-electron chi connectivity index (χ3n) is 4.23. The number of piperidine rings is 1. The Balaban J connectivity index is 1.94. The summed E-state index contributed by atoms with van der Waals surface area (Å²) in [7, 11) is 1.62. The number of hydrogen-bond acceptors (Lipinski definition) is 3. The predicted octanol–water partition coefficient (Wildman–Crippen LogP) is 1.66. The lowest BCUT2D eigenvalue weighted by Crippen LogP contribution is -2.40. The SMILES string of the molecule is COc1ccc(C)cc1CC(=O)N1CCC(CC(N)=O)CC1. The zero-order valence-electron chi connectivity index (χ0n) is 13.3.